The lowest BCUT2D eigenvalue weighted by atomic mass is 10.2. The molecule has 0 saturated heterocycles. The van der Waals surface area contributed by atoms with E-state index < -0.39 is 0 Å². The molecular weight excluding hydrogens is 511 g/mol. The maximum absolute atomic E-state index is 13.0. The van der Waals surface area contributed by atoms with E-state index >= 15 is 0 Å². The van der Waals surface area contributed by atoms with Crippen molar-refractivity contribution in [2.24, 2.45) is 0 Å². The van der Waals surface area contributed by atoms with Gasteiger partial charge in [0.05, 0.1) is 8.95 Å². The SMILES string of the molecule is Fc1ccc(COc2c(Br)cc(Br)cc2Br)c(Br)c1. The van der Waals surface area contributed by atoms with Gasteiger partial charge in [0, 0.05) is 14.5 Å². The first-order valence-electron chi connectivity index (χ1n) is 5.18. The van der Waals surface area contributed by atoms with E-state index in [-0.39, 0.29) is 5.82 Å². The summed E-state index contributed by atoms with van der Waals surface area (Å²) in [5, 5.41) is 0. The van der Waals surface area contributed by atoms with Crippen molar-refractivity contribution in [2.45, 2.75) is 6.61 Å². The minimum atomic E-state index is -0.276. The second-order valence-electron chi connectivity index (χ2n) is 3.72. The van der Waals surface area contributed by atoms with E-state index in [4.69, 9.17) is 4.74 Å². The fourth-order valence-corrected chi connectivity index (χ4v) is 4.41. The van der Waals surface area contributed by atoms with Gasteiger partial charge in [-0.3, -0.25) is 0 Å². The van der Waals surface area contributed by atoms with Gasteiger partial charge in [-0.05, 0) is 56.1 Å². The van der Waals surface area contributed by atoms with Gasteiger partial charge in [-0.2, -0.15) is 0 Å². The first kappa shape index (κ1) is 15.5. The summed E-state index contributed by atoms with van der Waals surface area (Å²) in [5.74, 6) is 0.432. The van der Waals surface area contributed by atoms with E-state index in [1.807, 2.05) is 12.1 Å². The number of halogens is 5. The number of hydrogen-bond donors (Lipinski definition) is 0. The smallest absolute Gasteiger partial charge is 0.148 e. The van der Waals surface area contributed by atoms with Gasteiger partial charge in [0.1, 0.15) is 18.2 Å². The zero-order chi connectivity index (χ0) is 14.0. The van der Waals surface area contributed by atoms with Gasteiger partial charge in [-0.25, -0.2) is 4.39 Å². The van der Waals surface area contributed by atoms with Crippen molar-refractivity contribution >= 4 is 63.7 Å². The largest absolute Gasteiger partial charge is 0.486 e. The van der Waals surface area contributed by atoms with Gasteiger partial charge in [0.25, 0.3) is 0 Å². The second-order valence-corrected chi connectivity index (χ2v) is 7.20. The molecule has 0 atom stereocenters. The Labute approximate surface area is 144 Å². The van der Waals surface area contributed by atoms with Crippen LogP contribution in [0.4, 0.5) is 4.39 Å². The maximum Gasteiger partial charge on any atom is 0.148 e. The molecular formula is C13H7Br4FO. The highest BCUT2D eigenvalue weighted by atomic mass is 79.9. The Morgan fingerprint density at radius 3 is 2.11 bits per heavy atom. The molecule has 0 amide bonds. The highest BCUT2D eigenvalue weighted by Gasteiger charge is 2.10. The maximum atomic E-state index is 13.0. The van der Waals surface area contributed by atoms with E-state index in [1.54, 1.807) is 6.07 Å². The summed E-state index contributed by atoms with van der Waals surface area (Å²) in [5.41, 5.74) is 0.878. The summed E-state index contributed by atoms with van der Waals surface area (Å²) in [4.78, 5) is 0. The lowest BCUT2D eigenvalue weighted by Crippen LogP contribution is -1.98. The van der Waals surface area contributed by atoms with Gasteiger partial charge >= 0.3 is 0 Å². The van der Waals surface area contributed by atoms with E-state index in [0.717, 1.165) is 19.0 Å². The Morgan fingerprint density at radius 1 is 0.895 bits per heavy atom. The molecule has 0 aliphatic carbocycles. The monoisotopic (exact) mass is 514 g/mol. The molecule has 0 bridgehead atoms. The molecule has 2 aromatic rings. The van der Waals surface area contributed by atoms with E-state index in [1.165, 1.54) is 12.1 Å². The van der Waals surface area contributed by atoms with Crippen molar-refractivity contribution in [3.05, 3.63) is 59.6 Å². The van der Waals surface area contributed by atoms with Crippen molar-refractivity contribution in [2.75, 3.05) is 0 Å². The fraction of sp³-hybridized carbons (Fsp3) is 0.0769. The van der Waals surface area contributed by atoms with Crippen molar-refractivity contribution in [3.8, 4) is 5.75 Å². The highest BCUT2D eigenvalue weighted by molar-refractivity contribution is 9.11. The third-order valence-corrected chi connectivity index (χ3v) is 4.72. The first-order chi connectivity index (χ1) is 8.97. The predicted octanol–water partition coefficient (Wildman–Crippen LogP) is 6.45. The Balaban J connectivity index is 2.19. The Kier molecular flexibility index (Phi) is 5.45. The van der Waals surface area contributed by atoms with Crippen LogP contribution in [0.25, 0.3) is 0 Å². The molecule has 2 rings (SSSR count). The third kappa shape index (κ3) is 4.03. The molecule has 0 radical (unpaired) electrons. The van der Waals surface area contributed by atoms with Crippen molar-refractivity contribution in [1.29, 1.82) is 0 Å². The topological polar surface area (TPSA) is 9.23 Å². The van der Waals surface area contributed by atoms with Crippen LogP contribution in [-0.4, -0.2) is 0 Å². The summed E-state index contributed by atoms with van der Waals surface area (Å²) in [7, 11) is 0. The molecule has 0 aliphatic rings. The van der Waals surface area contributed by atoms with Crippen LogP contribution in [-0.2, 0) is 6.61 Å². The predicted molar refractivity (Wildman–Crippen MR) is 88.0 cm³/mol. The molecule has 0 spiro atoms. The number of hydrogen-bond acceptors (Lipinski definition) is 1. The van der Waals surface area contributed by atoms with Crippen LogP contribution in [0.3, 0.4) is 0 Å². The average Bonchev–Trinajstić information content (AvgIpc) is 2.30. The van der Waals surface area contributed by atoms with Crippen molar-refractivity contribution < 1.29 is 9.13 Å². The van der Waals surface area contributed by atoms with Crippen LogP contribution in [0, 0.1) is 5.82 Å². The molecule has 0 saturated carbocycles. The minimum Gasteiger partial charge on any atom is -0.486 e. The zero-order valence-corrected chi connectivity index (χ0v) is 15.7. The van der Waals surface area contributed by atoms with Crippen LogP contribution in [0.1, 0.15) is 5.56 Å². The van der Waals surface area contributed by atoms with Gasteiger partial charge in [0.2, 0.25) is 0 Å². The summed E-state index contributed by atoms with van der Waals surface area (Å²) in [6.07, 6.45) is 0. The summed E-state index contributed by atoms with van der Waals surface area (Å²) < 4.78 is 22.1. The number of rotatable bonds is 3. The first-order valence-corrected chi connectivity index (χ1v) is 8.36. The quantitative estimate of drug-likeness (QED) is 0.454. The van der Waals surface area contributed by atoms with Gasteiger partial charge in [-0.15, -0.1) is 0 Å². The van der Waals surface area contributed by atoms with Crippen LogP contribution in [0.5, 0.6) is 5.75 Å². The summed E-state index contributed by atoms with van der Waals surface area (Å²) in [6.45, 7) is 0.347. The van der Waals surface area contributed by atoms with Gasteiger partial charge in [-0.1, -0.05) is 37.9 Å². The molecule has 0 aromatic heterocycles. The van der Waals surface area contributed by atoms with E-state index in [2.05, 4.69) is 63.7 Å². The Bertz CT molecular complexity index is 593. The molecule has 0 fully saturated rings. The fourth-order valence-electron chi connectivity index (χ4n) is 1.46. The average molecular weight is 518 g/mol. The Morgan fingerprint density at radius 2 is 1.53 bits per heavy atom. The van der Waals surface area contributed by atoms with E-state index in [9.17, 15) is 4.39 Å². The molecule has 19 heavy (non-hydrogen) atoms. The molecule has 1 nitrogen and oxygen atoms in total. The van der Waals surface area contributed by atoms with Gasteiger partial charge < -0.3 is 4.74 Å². The summed E-state index contributed by atoms with van der Waals surface area (Å²) in [6, 6.07) is 8.33. The number of benzene rings is 2. The molecule has 0 aliphatic heterocycles. The molecule has 2 aromatic carbocycles. The minimum absolute atomic E-state index is 0.276. The van der Waals surface area contributed by atoms with Crippen LogP contribution in [0.2, 0.25) is 0 Å². The number of ether oxygens (including phenoxy) is 1. The summed E-state index contributed by atoms with van der Waals surface area (Å²) >= 11 is 13.6. The third-order valence-electron chi connectivity index (χ3n) is 2.35. The zero-order valence-electron chi connectivity index (χ0n) is 9.39. The van der Waals surface area contributed by atoms with Gasteiger partial charge in [0.15, 0.2) is 0 Å². The lowest BCUT2D eigenvalue weighted by Gasteiger charge is -2.12. The van der Waals surface area contributed by atoms with Crippen LogP contribution < -0.4 is 4.74 Å². The van der Waals surface area contributed by atoms with Crippen LogP contribution >= 0.6 is 63.7 Å². The van der Waals surface area contributed by atoms with Crippen molar-refractivity contribution in [3.63, 3.8) is 0 Å². The lowest BCUT2D eigenvalue weighted by molar-refractivity contribution is 0.301. The highest BCUT2D eigenvalue weighted by Crippen LogP contribution is 2.37. The molecule has 0 N–H and O–H groups in total. The van der Waals surface area contributed by atoms with E-state index in [0.29, 0.717) is 16.8 Å². The second kappa shape index (κ2) is 6.70. The molecule has 0 unspecified atom stereocenters. The molecule has 6 heteroatoms. The Hall–Kier alpha value is 0.0900. The standard InChI is InChI=1S/C13H7Br4FO/c14-8-3-11(16)13(12(17)4-8)19-6-7-1-2-9(18)5-10(7)15/h1-5H,6H2. The molecule has 0 heterocycles. The normalized spacial score (nSPS) is 10.6. The van der Waals surface area contributed by atoms with Crippen LogP contribution in [0.15, 0.2) is 48.2 Å². The van der Waals surface area contributed by atoms with Crippen molar-refractivity contribution in [1.82, 2.24) is 0 Å². The molecule has 100 valence electrons.